The van der Waals surface area contributed by atoms with E-state index in [1.165, 1.54) is 0 Å². The fourth-order valence-corrected chi connectivity index (χ4v) is 4.70. The van der Waals surface area contributed by atoms with Crippen molar-refractivity contribution in [1.29, 1.82) is 0 Å². The number of morpholine rings is 1. The Morgan fingerprint density at radius 1 is 0.963 bits per heavy atom. The summed E-state index contributed by atoms with van der Waals surface area (Å²) in [5, 5.41) is 0.525. The highest BCUT2D eigenvalue weighted by atomic mass is 35.5. The first-order valence-electron chi connectivity index (χ1n) is 9.22. The summed E-state index contributed by atoms with van der Waals surface area (Å²) < 4.78 is 30.1. The maximum Gasteiger partial charge on any atom is 0.236 e. The van der Waals surface area contributed by atoms with E-state index < -0.39 is 9.84 Å². The largest absolute Gasteiger partial charge is 0.378 e. The van der Waals surface area contributed by atoms with E-state index in [9.17, 15) is 13.2 Å². The minimum absolute atomic E-state index is 0.0847. The molecule has 1 amide bonds. The molecule has 9 heteroatoms. The second kappa shape index (κ2) is 9.34. The molecular formula is C18H26ClN3O4S. The van der Waals surface area contributed by atoms with Crippen LogP contribution in [0.1, 0.15) is 0 Å². The van der Waals surface area contributed by atoms with Crippen LogP contribution in [0, 0.1) is 0 Å². The van der Waals surface area contributed by atoms with Crippen molar-refractivity contribution in [2.24, 2.45) is 0 Å². The van der Waals surface area contributed by atoms with Gasteiger partial charge in [0.1, 0.15) is 0 Å². The zero-order valence-electron chi connectivity index (χ0n) is 15.3. The van der Waals surface area contributed by atoms with E-state index in [2.05, 4.69) is 9.80 Å². The predicted molar refractivity (Wildman–Crippen MR) is 104 cm³/mol. The Bertz CT molecular complexity index is 727. The molecule has 1 aromatic rings. The van der Waals surface area contributed by atoms with Gasteiger partial charge >= 0.3 is 0 Å². The molecule has 7 nitrogen and oxygen atoms in total. The summed E-state index contributed by atoms with van der Waals surface area (Å²) >= 11 is 5.82. The molecule has 0 atom stereocenters. The van der Waals surface area contributed by atoms with Crippen molar-refractivity contribution in [2.75, 3.05) is 71.3 Å². The fourth-order valence-electron chi connectivity index (χ4n) is 3.28. The number of hydrogen-bond acceptors (Lipinski definition) is 6. The SMILES string of the molecule is O=C(CN1CCN(CCS(=O)(=O)c2ccc(Cl)cc2)CC1)N1CCOCC1. The predicted octanol–water partition coefficient (Wildman–Crippen LogP) is 0.590. The van der Waals surface area contributed by atoms with Crippen molar-refractivity contribution in [1.82, 2.24) is 14.7 Å². The summed E-state index contributed by atoms with van der Waals surface area (Å²) in [6, 6.07) is 6.29. The summed E-state index contributed by atoms with van der Waals surface area (Å²) in [7, 11) is -3.31. The number of carbonyl (C=O) groups excluding carboxylic acids is 1. The van der Waals surface area contributed by atoms with E-state index >= 15 is 0 Å². The third kappa shape index (κ3) is 5.89. The molecule has 0 unspecified atom stereocenters. The van der Waals surface area contributed by atoms with Gasteiger partial charge in [0.05, 0.1) is 30.4 Å². The number of carbonyl (C=O) groups is 1. The molecule has 0 N–H and O–H groups in total. The topological polar surface area (TPSA) is 70.2 Å². The third-order valence-corrected chi connectivity index (χ3v) is 7.00. The van der Waals surface area contributed by atoms with Crippen LogP contribution >= 0.6 is 11.6 Å². The van der Waals surface area contributed by atoms with E-state index in [1.807, 2.05) is 4.90 Å². The first-order chi connectivity index (χ1) is 12.9. The summed E-state index contributed by atoms with van der Waals surface area (Å²) in [4.78, 5) is 18.8. The average Bonchev–Trinajstić information content (AvgIpc) is 2.68. The summed E-state index contributed by atoms with van der Waals surface area (Å²) in [6.45, 7) is 6.58. The molecular weight excluding hydrogens is 390 g/mol. The maximum absolute atomic E-state index is 12.4. The highest BCUT2D eigenvalue weighted by molar-refractivity contribution is 7.91. The normalized spacial score (nSPS) is 20.0. The molecule has 2 heterocycles. The van der Waals surface area contributed by atoms with E-state index in [0.29, 0.717) is 49.3 Å². The zero-order valence-corrected chi connectivity index (χ0v) is 16.9. The molecule has 3 rings (SSSR count). The van der Waals surface area contributed by atoms with E-state index in [0.717, 1.165) is 26.2 Å². The molecule has 0 saturated carbocycles. The molecule has 27 heavy (non-hydrogen) atoms. The first-order valence-corrected chi connectivity index (χ1v) is 11.3. The van der Waals surface area contributed by atoms with Crippen molar-refractivity contribution < 1.29 is 17.9 Å². The molecule has 0 radical (unpaired) electrons. The van der Waals surface area contributed by atoms with Crippen molar-refractivity contribution in [3.63, 3.8) is 0 Å². The van der Waals surface area contributed by atoms with Gasteiger partial charge in [-0.05, 0) is 24.3 Å². The van der Waals surface area contributed by atoms with Crippen LogP contribution in [0.5, 0.6) is 0 Å². The molecule has 150 valence electrons. The smallest absolute Gasteiger partial charge is 0.236 e. The van der Waals surface area contributed by atoms with Gasteiger partial charge in [-0.25, -0.2) is 8.42 Å². The summed E-state index contributed by atoms with van der Waals surface area (Å²) in [5.74, 6) is 0.235. The Kier molecular flexibility index (Phi) is 7.10. The van der Waals surface area contributed by atoms with Crippen LogP contribution in [0.25, 0.3) is 0 Å². The molecule has 0 spiro atoms. The maximum atomic E-state index is 12.4. The van der Waals surface area contributed by atoms with Crippen LogP contribution in [-0.2, 0) is 19.4 Å². The molecule has 1 aromatic carbocycles. The van der Waals surface area contributed by atoms with Crippen molar-refractivity contribution in [3.8, 4) is 0 Å². The Labute approximate surface area is 165 Å². The Balaban J connectivity index is 1.41. The molecule has 0 bridgehead atoms. The van der Waals surface area contributed by atoms with Crippen LogP contribution in [0.3, 0.4) is 0 Å². The van der Waals surface area contributed by atoms with Crippen molar-refractivity contribution in [2.45, 2.75) is 4.90 Å². The van der Waals surface area contributed by atoms with Gasteiger partial charge in [-0.2, -0.15) is 0 Å². The monoisotopic (exact) mass is 415 g/mol. The number of sulfone groups is 1. The number of halogens is 1. The average molecular weight is 416 g/mol. The molecule has 2 saturated heterocycles. The lowest BCUT2D eigenvalue weighted by Crippen LogP contribution is -2.52. The van der Waals surface area contributed by atoms with Gasteiger partial charge in [0, 0.05) is 50.8 Å². The standard InChI is InChI=1S/C18H26ClN3O4S/c19-16-1-3-17(4-2-16)27(24,25)14-11-20-5-7-21(8-6-20)15-18(23)22-9-12-26-13-10-22/h1-4H,5-15H2. The lowest BCUT2D eigenvalue weighted by atomic mass is 10.3. The van der Waals surface area contributed by atoms with Gasteiger partial charge in [0.15, 0.2) is 9.84 Å². The van der Waals surface area contributed by atoms with Gasteiger partial charge in [-0.15, -0.1) is 0 Å². The van der Waals surface area contributed by atoms with Crippen LogP contribution in [-0.4, -0.2) is 100 Å². The quantitative estimate of drug-likeness (QED) is 0.677. The van der Waals surface area contributed by atoms with E-state index in [1.54, 1.807) is 24.3 Å². The highest BCUT2D eigenvalue weighted by Gasteiger charge is 2.24. The number of benzene rings is 1. The molecule has 0 aromatic heterocycles. The van der Waals surface area contributed by atoms with Gasteiger partial charge in [-0.3, -0.25) is 14.6 Å². The second-order valence-corrected chi connectivity index (χ2v) is 9.43. The van der Waals surface area contributed by atoms with Gasteiger partial charge in [0.2, 0.25) is 5.91 Å². The first kappa shape index (κ1) is 20.5. The Hall–Kier alpha value is -1.19. The number of hydrogen-bond donors (Lipinski definition) is 0. The Morgan fingerprint density at radius 2 is 1.56 bits per heavy atom. The van der Waals surface area contributed by atoms with Crippen LogP contribution in [0.15, 0.2) is 29.2 Å². The molecule has 2 aliphatic rings. The third-order valence-electron chi connectivity index (χ3n) is 5.04. The minimum atomic E-state index is -3.31. The minimum Gasteiger partial charge on any atom is -0.378 e. The second-order valence-electron chi connectivity index (χ2n) is 6.88. The van der Waals surface area contributed by atoms with Gasteiger partial charge in [0.25, 0.3) is 0 Å². The molecule has 2 fully saturated rings. The number of ether oxygens (including phenoxy) is 1. The van der Waals surface area contributed by atoms with Crippen LogP contribution in [0.2, 0.25) is 5.02 Å². The van der Waals surface area contributed by atoms with Gasteiger partial charge < -0.3 is 9.64 Å². The number of amides is 1. The van der Waals surface area contributed by atoms with Crippen molar-refractivity contribution in [3.05, 3.63) is 29.3 Å². The Morgan fingerprint density at radius 3 is 2.19 bits per heavy atom. The summed E-state index contributed by atoms with van der Waals surface area (Å²) in [6.07, 6.45) is 0. The lowest BCUT2D eigenvalue weighted by Gasteiger charge is -2.36. The van der Waals surface area contributed by atoms with Gasteiger partial charge in [-0.1, -0.05) is 11.6 Å². The number of nitrogens with zero attached hydrogens (tertiary/aromatic N) is 3. The molecule has 0 aliphatic carbocycles. The summed E-state index contributed by atoms with van der Waals surface area (Å²) in [5.41, 5.74) is 0. The number of rotatable bonds is 6. The lowest BCUT2D eigenvalue weighted by molar-refractivity contribution is -0.136. The molecule has 2 aliphatic heterocycles. The van der Waals surface area contributed by atoms with Crippen LogP contribution < -0.4 is 0 Å². The van der Waals surface area contributed by atoms with E-state index in [-0.39, 0.29) is 11.7 Å². The fraction of sp³-hybridized carbons (Fsp3) is 0.611. The van der Waals surface area contributed by atoms with Crippen molar-refractivity contribution >= 4 is 27.3 Å². The highest BCUT2D eigenvalue weighted by Crippen LogP contribution is 2.16. The van der Waals surface area contributed by atoms with Crippen LogP contribution in [0.4, 0.5) is 0 Å². The number of piperazine rings is 1. The van der Waals surface area contributed by atoms with E-state index in [4.69, 9.17) is 16.3 Å². The zero-order chi connectivity index (χ0) is 19.3.